The summed E-state index contributed by atoms with van der Waals surface area (Å²) in [5.41, 5.74) is 3.15. The number of nitrogens with zero attached hydrogens (tertiary/aromatic N) is 2. The van der Waals surface area contributed by atoms with Crippen LogP contribution >= 0.6 is 35.3 Å². The summed E-state index contributed by atoms with van der Waals surface area (Å²) in [7, 11) is 5.30. The number of carbonyl (C=O) groups excluding carboxylic acids is 1. The van der Waals surface area contributed by atoms with E-state index in [0.717, 1.165) is 36.6 Å². The second-order valence-electron chi connectivity index (χ2n) is 6.03. The molecule has 0 atom stereocenters. The summed E-state index contributed by atoms with van der Waals surface area (Å²) in [5.74, 6) is 0.812. The normalized spacial score (nSPS) is 10.8. The molecule has 0 aliphatic rings. The van der Waals surface area contributed by atoms with Crippen molar-refractivity contribution < 1.29 is 4.79 Å². The minimum absolute atomic E-state index is 0. The Balaban J connectivity index is 0.00000338. The largest absolute Gasteiger partial charge is 0.356 e. The number of benzene rings is 1. The summed E-state index contributed by atoms with van der Waals surface area (Å²) in [6.45, 7) is 3.64. The number of halogens is 1. The van der Waals surface area contributed by atoms with Gasteiger partial charge in [-0.15, -0.1) is 35.3 Å². The molecule has 1 aromatic carbocycles. The number of amides is 1. The van der Waals surface area contributed by atoms with E-state index in [9.17, 15) is 4.79 Å². The number of aryl methyl sites for hydroxylation is 1. The van der Waals surface area contributed by atoms with Gasteiger partial charge >= 0.3 is 0 Å². The first-order valence-electron chi connectivity index (χ1n) is 8.29. The Morgan fingerprint density at radius 2 is 2.00 bits per heavy atom. The van der Waals surface area contributed by atoms with Crippen LogP contribution in [-0.2, 0) is 13.0 Å². The van der Waals surface area contributed by atoms with Crippen LogP contribution < -0.4 is 10.6 Å². The molecule has 2 aromatic rings. The third-order valence-electron chi connectivity index (χ3n) is 3.89. The van der Waals surface area contributed by atoms with Crippen LogP contribution in [-0.4, -0.2) is 44.5 Å². The summed E-state index contributed by atoms with van der Waals surface area (Å²) in [4.78, 5) is 19.2. The van der Waals surface area contributed by atoms with Crippen molar-refractivity contribution in [3.8, 4) is 0 Å². The monoisotopic (exact) mass is 486 g/mol. The number of rotatable bonds is 6. The smallest absolute Gasteiger partial charge is 0.253 e. The Morgan fingerprint density at radius 1 is 1.23 bits per heavy atom. The fourth-order valence-corrected chi connectivity index (χ4v) is 3.26. The zero-order valence-corrected chi connectivity index (χ0v) is 18.9. The average molecular weight is 486 g/mol. The minimum atomic E-state index is 0. The molecular formula is C19H27IN4OS. The first-order chi connectivity index (χ1) is 12.0. The molecule has 7 heteroatoms. The third kappa shape index (κ3) is 6.60. The number of hydrogen-bond acceptors (Lipinski definition) is 3. The maximum absolute atomic E-state index is 12.0. The van der Waals surface area contributed by atoms with Crippen LogP contribution in [0.2, 0.25) is 0 Å². The second-order valence-corrected chi connectivity index (χ2v) is 7.03. The number of thiophene rings is 1. The molecule has 2 N–H and O–H groups in total. The van der Waals surface area contributed by atoms with Crippen molar-refractivity contribution >= 4 is 47.2 Å². The Labute approximate surface area is 176 Å². The standard InChI is InChI=1S/C19H26N4OS.HI/c1-14-9-11-25-17(14)13-22-19(20-2)21-10-8-15-6-5-7-16(12-15)18(24)23(3)4;/h5-7,9,11-12H,8,10,13H2,1-4H3,(H2,20,21,22);1H. The van der Waals surface area contributed by atoms with Crippen LogP contribution in [0.3, 0.4) is 0 Å². The maximum atomic E-state index is 12.0. The van der Waals surface area contributed by atoms with Crippen LogP contribution in [0, 0.1) is 6.92 Å². The Kier molecular flexibility index (Phi) is 9.64. The number of carbonyl (C=O) groups is 1. The molecule has 1 aromatic heterocycles. The Hall–Kier alpha value is -1.61. The Bertz CT molecular complexity index is 743. The predicted molar refractivity (Wildman–Crippen MR) is 121 cm³/mol. The highest BCUT2D eigenvalue weighted by molar-refractivity contribution is 14.0. The summed E-state index contributed by atoms with van der Waals surface area (Å²) in [5, 5.41) is 8.75. The van der Waals surface area contributed by atoms with Crippen molar-refractivity contribution in [2.75, 3.05) is 27.7 Å². The fourth-order valence-electron chi connectivity index (χ4n) is 2.41. The van der Waals surface area contributed by atoms with Crippen LogP contribution in [0.5, 0.6) is 0 Å². The molecular weight excluding hydrogens is 459 g/mol. The van der Waals surface area contributed by atoms with Gasteiger partial charge < -0.3 is 15.5 Å². The lowest BCUT2D eigenvalue weighted by Gasteiger charge is -2.13. The molecule has 0 fully saturated rings. The van der Waals surface area contributed by atoms with Crippen LogP contribution in [0.1, 0.15) is 26.4 Å². The number of aliphatic imine (C=N–C) groups is 1. The number of guanidine groups is 1. The molecule has 0 bridgehead atoms. The maximum Gasteiger partial charge on any atom is 0.253 e. The highest BCUT2D eigenvalue weighted by Crippen LogP contribution is 2.14. The van der Waals surface area contributed by atoms with E-state index in [2.05, 4.69) is 34.0 Å². The second kappa shape index (κ2) is 11.2. The molecule has 0 unspecified atom stereocenters. The number of hydrogen-bond donors (Lipinski definition) is 2. The van der Waals surface area contributed by atoms with Crippen LogP contribution in [0.25, 0.3) is 0 Å². The molecule has 2 rings (SSSR count). The first-order valence-corrected chi connectivity index (χ1v) is 9.17. The number of nitrogens with one attached hydrogen (secondary N) is 2. The van der Waals surface area contributed by atoms with Gasteiger partial charge in [0.2, 0.25) is 0 Å². The molecule has 0 saturated heterocycles. The molecule has 0 spiro atoms. The lowest BCUT2D eigenvalue weighted by Crippen LogP contribution is -2.37. The van der Waals surface area contributed by atoms with Gasteiger partial charge in [-0.2, -0.15) is 0 Å². The topological polar surface area (TPSA) is 56.7 Å². The summed E-state index contributed by atoms with van der Waals surface area (Å²) in [6.07, 6.45) is 0.827. The molecule has 0 aliphatic carbocycles. The molecule has 0 saturated carbocycles. The van der Waals surface area contributed by atoms with E-state index in [1.165, 1.54) is 10.4 Å². The van der Waals surface area contributed by atoms with Crippen molar-refractivity contribution in [3.63, 3.8) is 0 Å². The van der Waals surface area contributed by atoms with Crippen LogP contribution in [0.15, 0.2) is 40.7 Å². The zero-order chi connectivity index (χ0) is 18.2. The summed E-state index contributed by atoms with van der Waals surface area (Å²) in [6, 6.07) is 9.90. The van der Waals surface area contributed by atoms with Crippen molar-refractivity contribution in [1.29, 1.82) is 0 Å². The highest BCUT2D eigenvalue weighted by Gasteiger charge is 2.08. The Morgan fingerprint density at radius 3 is 2.62 bits per heavy atom. The van der Waals surface area contributed by atoms with Crippen molar-refractivity contribution in [3.05, 3.63) is 57.3 Å². The summed E-state index contributed by atoms with van der Waals surface area (Å²) < 4.78 is 0. The van der Waals surface area contributed by atoms with Gasteiger partial charge in [0.05, 0.1) is 6.54 Å². The van der Waals surface area contributed by atoms with E-state index in [-0.39, 0.29) is 29.9 Å². The molecule has 142 valence electrons. The van der Waals surface area contributed by atoms with Crippen molar-refractivity contribution in [2.45, 2.75) is 19.9 Å². The molecule has 5 nitrogen and oxygen atoms in total. The fraction of sp³-hybridized carbons (Fsp3) is 0.368. The molecule has 1 heterocycles. The third-order valence-corrected chi connectivity index (χ3v) is 4.92. The first kappa shape index (κ1) is 22.4. The summed E-state index contributed by atoms with van der Waals surface area (Å²) >= 11 is 1.75. The van der Waals surface area contributed by atoms with E-state index in [0.29, 0.717) is 0 Å². The van der Waals surface area contributed by atoms with Crippen molar-refractivity contribution in [2.24, 2.45) is 4.99 Å². The SMILES string of the molecule is CN=C(NCCc1cccc(C(=O)N(C)C)c1)NCc1sccc1C.I. The van der Waals surface area contributed by atoms with Gasteiger partial charge in [-0.1, -0.05) is 12.1 Å². The molecule has 0 aliphatic heterocycles. The van der Waals surface area contributed by atoms with E-state index in [4.69, 9.17) is 0 Å². The predicted octanol–water partition coefficient (Wildman–Crippen LogP) is 3.28. The molecule has 0 radical (unpaired) electrons. The van der Waals surface area contributed by atoms with Gasteiger partial charge in [-0.25, -0.2) is 0 Å². The zero-order valence-electron chi connectivity index (χ0n) is 15.7. The minimum Gasteiger partial charge on any atom is -0.356 e. The molecule has 26 heavy (non-hydrogen) atoms. The van der Waals surface area contributed by atoms with Gasteiger partial charge in [0.1, 0.15) is 0 Å². The van der Waals surface area contributed by atoms with Gasteiger partial charge in [0, 0.05) is 38.1 Å². The van der Waals surface area contributed by atoms with Crippen molar-refractivity contribution in [1.82, 2.24) is 15.5 Å². The van der Waals surface area contributed by atoms with Gasteiger partial charge in [0.15, 0.2) is 5.96 Å². The van der Waals surface area contributed by atoms with Gasteiger partial charge in [-0.3, -0.25) is 9.79 Å². The quantitative estimate of drug-likeness (QED) is 0.375. The average Bonchev–Trinajstić information content (AvgIpc) is 3.02. The van der Waals surface area contributed by atoms with E-state index >= 15 is 0 Å². The lowest BCUT2D eigenvalue weighted by molar-refractivity contribution is 0.0827. The van der Waals surface area contributed by atoms with E-state index in [1.54, 1.807) is 37.4 Å². The van der Waals surface area contributed by atoms with Gasteiger partial charge in [-0.05, 0) is 48.1 Å². The van der Waals surface area contributed by atoms with Gasteiger partial charge in [0.25, 0.3) is 5.91 Å². The highest BCUT2D eigenvalue weighted by atomic mass is 127. The molecule has 1 amide bonds. The van der Waals surface area contributed by atoms with E-state index < -0.39 is 0 Å². The van der Waals surface area contributed by atoms with Crippen LogP contribution in [0.4, 0.5) is 0 Å². The van der Waals surface area contributed by atoms with E-state index in [1.807, 2.05) is 24.3 Å². The lowest BCUT2D eigenvalue weighted by atomic mass is 10.1.